The number of nitrogens with one attached hydrogen (secondary N) is 2. The summed E-state index contributed by atoms with van der Waals surface area (Å²) < 4.78 is 7.46. The van der Waals surface area contributed by atoms with Gasteiger partial charge in [-0.15, -0.1) is 24.0 Å². The number of hydrogen-bond acceptors (Lipinski definition) is 3. The summed E-state index contributed by atoms with van der Waals surface area (Å²) in [6.07, 6.45) is 1.78. The van der Waals surface area contributed by atoms with Crippen molar-refractivity contribution in [2.75, 3.05) is 13.7 Å². The van der Waals surface area contributed by atoms with Crippen molar-refractivity contribution in [2.24, 2.45) is 12.0 Å². The third-order valence-electron chi connectivity index (χ3n) is 3.30. The average Bonchev–Trinajstić information content (AvgIpc) is 2.94. The van der Waals surface area contributed by atoms with Gasteiger partial charge < -0.3 is 15.4 Å². The second kappa shape index (κ2) is 10.1. The van der Waals surface area contributed by atoms with E-state index in [2.05, 4.69) is 20.7 Å². The summed E-state index contributed by atoms with van der Waals surface area (Å²) in [6, 6.07) is 9.98. The van der Waals surface area contributed by atoms with Gasteiger partial charge in [0.2, 0.25) is 0 Å². The summed E-state index contributed by atoms with van der Waals surface area (Å²) in [6.45, 7) is 3.97. The largest absolute Gasteiger partial charge is 0.494 e. The zero-order valence-electron chi connectivity index (χ0n) is 13.7. The zero-order valence-corrected chi connectivity index (χ0v) is 16.1. The maximum atomic E-state index is 5.63. The number of ether oxygens (including phenoxy) is 1. The molecule has 1 heterocycles. The van der Waals surface area contributed by atoms with Crippen molar-refractivity contribution < 1.29 is 4.74 Å². The number of aromatic nitrogens is 2. The van der Waals surface area contributed by atoms with Crippen molar-refractivity contribution >= 4 is 29.9 Å². The molecule has 2 N–H and O–H groups in total. The van der Waals surface area contributed by atoms with Gasteiger partial charge in [0, 0.05) is 32.4 Å². The van der Waals surface area contributed by atoms with Gasteiger partial charge in [0.15, 0.2) is 5.96 Å². The fourth-order valence-corrected chi connectivity index (χ4v) is 2.09. The Morgan fingerprint density at radius 1 is 1.22 bits per heavy atom. The fraction of sp³-hybridized carbons (Fsp3) is 0.375. The smallest absolute Gasteiger partial charge is 0.191 e. The number of guanidine groups is 1. The first-order valence-electron chi connectivity index (χ1n) is 7.36. The molecule has 0 aliphatic carbocycles. The van der Waals surface area contributed by atoms with Crippen molar-refractivity contribution in [3.63, 3.8) is 0 Å². The first-order valence-corrected chi connectivity index (χ1v) is 7.36. The predicted molar refractivity (Wildman–Crippen MR) is 103 cm³/mol. The highest BCUT2D eigenvalue weighted by Gasteiger charge is 2.05. The van der Waals surface area contributed by atoms with Gasteiger partial charge in [-0.2, -0.15) is 5.10 Å². The molecule has 0 spiro atoms. The van der Waals surface area contributed by atoms with Crippen LogP contribution in [0.4, 0.5) is 0 Å². The van der Waals surface area contributed by atoms with Crippen molar-refractivity contribution in [1.82, 2.24) is 20.4 Å². The van der Waals surface area contributed by atoms with Crippen molar-refractivity contribution in [1.29, 1.82) is 0 Å². The minimum absolute atomic E-state index is 0. The van der Waals surface area contributed by atoms with E-state index in [1.54, 1.807) is 13.2 Å². The molecule has 0 saturated carbocycles. The van der Waals surface area contributed by atoms with Gasteiger partial charge in [-0.1, -0.05) is 18.2 Å². The van der Waals surface area contributed by atoms with Crippen LogP contribution in [0.15, 0.2) is 41.5 Å². The lowest BCUT2D eigenvalue weighted by atomic mass is 10.2. The number of benzene rings is 1. The number of para-hydroxylation sites is 1. The van der Waals surface area contributed by atoms with E-state index in [1.807, 2.05) is 49.0 Å². The first kappa shape index (κ1) is 19.3. The molecule has 0 unspecified atom stereocenters. The number of halogens is 1. The molecule has 0 fully saturated rings. The molecule has 2 rings (SSSR count). The Labute approximate surface area is 154 Å². The molecule has 0 bridgehead atoms. The van der Waals surface area contributed by atoms with E-state index in [0.29, 0.717) is 19.7 Å². The summed E-state index contributed by atoms with van der Waals surface area (Å²) in [7, 11) is 3.68. The quantitative estimate of drug-likeness (QED) is 0.420. The van der Waals surface area contributed by atoms with E-state index in [0.717, 1.165) is 23.0 Å². The molecule has 1 aromatic heterocycles. The number of nitrogens with zero attached hydrogens (tertiary/aromatic N) is 3. The molecule has 0 aliphatic heterocycles. The summed E-state index contributed by atoms with van der Waals surface area (Å²) in [4.78, 5) is 4.23. The molecular weight excluding hydrogens is 405 g/mol. The molecule has 1 aromatic carbocycles. The molecule has 23 heavy (non-hydrogen) atoms. The van der Waals surface area contributed by atoms with Crippen LogP contribution in [0, 0.1) is 0 Å². The van der Waals surface area contributed by atoms with E-state index < -0.39 is 0 Å². The Balaban J connectivity index is 0.00000264. The second-order valence-corrected chi connectivity index (χ2v) is 4.77. The van der Waals surface area contributed by atoms with Crippen LogP contribution in [0.1, 0.15) is 18.2 Å². The van der Waals surface area contributed by atoms with Crippen LogP contribution in [0.5, 0.6) is 5.75 Å². The monoisotopic (exact) mass is 429 g/mol. The van der Waals surface area contributed by atoms with E-state index in [9.17, 15) is 0 Å². The van der Waals surface area contributed by atoms with E-state index in [4.69, 9.17) is 4.74 Å². The third kappa shape index (κ3) is 5.74. The van der Waals surface area contributed by atoms with E-state index in [-0.39, 0.29) is 24.0 Å². The minimum Gasteiger partial charge on any atom is -0.494 e. The minimum atomic E-state index is 0. The molecule has 0 atom stereocenters. The highest BCUT2D eigenvalue weighted by Crippen LogP contribution is 2.17. The molecule has 0 amide bonds. The summed E-state index contributed by atoms with van der Waals surface area (Å²) in [5.41, 5.74) is 2.20. The topological polar surface area (TPSA) is 63.5 Å². The number of aryl methyl sites for hydroxylation is 1. The lowest BCUT2D eigenvalue weighted by Gasteiger charge is -2.14. The van der Waals surface area contributed by atoms with Gasteiger partial charge in [0.1, 0.15) is 5.75 Å². The van der Waals surface area contributed by atoms with Crippen molar-refractivity contribution in [3.8, 4) is 5.75 Å². The van der Waals surface area contributed by atoms with Crippen LogP contribution in [0.3, 0.4) is 0 Å². The van der Waals surface area contributed by atoms with Gasteiger partial charge >= 0.3 is 0 Å². The maximum Gasteiger partial charge on any atom is 0.191 e. The molecule has 0 saturated heterocycles. The van der Waals surface area contributed by atoms with Crippen LogP contribution < -0.4 is 15.4 Å². The van der Waals surface area contributed by atoms with Gasteiger partial charge in [0.05, 0.1) is 18.8 Å². The summed E-state index contributed by atoms with van der Waals surface area (Å²) in [5.74, 6) is 1.65. The summed E-state index contributed by atoms with van der Waals surface area (Å²) >= 11 is 0. The van der Waals surface area contributed by atoms with E-state index >= 15 is 0 Å². The average molecular weight is 429 g/mol. The zero-order chi connectivity index (χ0) is 15.8. The fourth-order valence-electron chi connectivity index (χ4n) is 2.09. The van der Waals surface area contributed by atoms with Gasteiger partial charge in [-0.25, -0.2) is 0 Å². The molecular formula is C16H24IN5O. The van der Waals surface area contributed by atoms with Gasteiger partial charge in [-0.3, -0.25) is 9.67 Å². The predicted octanol–water partition coefficient (Wildman–Crippen LogP) is 2.30. The molecule has 7 heteroatoms. The Kier molecular flexibility index (Phi) is 8.46. The van der Waals surface area contributed by atoms with Crippen LogP contribution in [0.2, 0.25) is 0 Å². The van der Waals surface area contributed by atoms with Crippen LogP contribution in [-0.4, -0.2) is 29.4 Å². The Bertz CT molecular complexity index is 626. The highest BCUT2D eigenvalue weighted by atomic mass is 127. The van der Waals surface area contributed by atoms with Crippen molar-refractivity contribution in [3.05, 3.63) is 47.8 Å². The molecule has 126 valence electrons. The molecule has 2 aromatic rings. The lowest BCUT2D eigenvalue weighted by molar-refractivity contribution is 0.336. The van der Waals surface area contributed by atoms with Gasteiger partial charge in [-0.05, 0) is 19.1 Å². The second-order valence-electron chi connectivity index (χ2n) is 4.77. The lowest BCUT2D eigenvalue weighted by Crippen LogP contribution is -2.36. The Morgan fingerprint density at radius 2 is 1.96 bits per heavy atom. The Hall–Kier alpha value is -1.77. The van der Waals surface area contributed by atoms with E-state index in [1.165, 1.54) is 0 Å². The molecule has 0 aliphatic rings. The summed E-state index contributed by atoms with van der Waals surface area (Å²) in [5, 5.41) is 10.7. The SMILES string of the molecule is CCOc1ccccc1CNC(=NC)NCc1ccnn1C.I. The maximum absolute atomic E-state index is 5.63. The van der Waals surface area contributed by atoms with Gasteiger partial charge in [0.25, 0.3) is 0 Å². The highest BCUT2D eigenvalue weighted by molar-refractivity contribution is 14.0. The first-order chi connectivity index (χ1) is 10.7. The van der Waals surface area contributed by atoms with Crippen LogP contribution in [0.25, 0.3) is 0 Å². The van der Waals surface area contributed by atoms with Crippen molar-refractivity contribution in [2.45, 2.75) is 20.0 Å². The normalized spacial score (nSPS) is 10.8. The number of aliphatic imine (C=N–C) groups is 1. The standard InChI is InChI=1S/C16H23N5O.HI/c1-4-22-15-8-6-5-7-13(15)11-18-16(17-2)19-12-14-9-10-20-21(14)3;/h5-10H,4,11-12H2,1-3H3,(H2,17,18,19);1H. The Morgan fingerprint density at radius 3 is 2.61 bits per heavy atom. The third-order valence-corrected chi connectivity index (χ3v) is 3.30. The number of rotatable bonds is 6. The van der Waals surface area contributed by atoms with Crippen LogP contribution >= 0.6 is 24.0 Å². The number of hydrogen-bond donors (Lipinski definition) is 2. The molecule has 6 nitrogen and oxygen atoms in total. The molecule has 0 radical (unpaired) electrons. The van der Waals surface area contributed by atoms with Crippen LogP contribution in [-0.2, 0) is 20.1 Å².